The van der Waals surface area contributed by atoms with Crippen molar-refractivity contribution in [2.75, 3.05) is 5.32 Å². The Morgan fingerprint density at radius 1 is 1.29 bits per heavy atom. The second-order valence-electron chi connectivity index (χ2n) is 5.58. The molecule has 94 valence electrons. The summed E-state index contributed by atoms with van der Waals surface area (Å²) in [7, 11) is 0. The molecule has 1 atom stereocenters. The van der Waals surface area contributed by atoms with E-state index in [1.165, 1.54) is 0 Å². The van der Waals surface area contributed by atoms with E-state index in [-0.39, 0.29) is 11.3 Å². The van der Waals surface area contributed by atoms with Gasteiger partial charge in [0.2, 0.25) is 5.91 Å². The van der Waals surface area contributed by atoms with Crippen molar-refractivity contribution in [2.24, 2.45) is 11.1 Å². The molecule has 0 radical (unpaired) electrons. The number of aryl methyl sites for hydroxylation is 1. The van der Waals surface area contributed by atoms with E-state index < -0.39 is 6.04 Å². The zero-order chi connectivity index (χ0) is 13.2. The lowest BCUT2D eigenvalue weighted by atomic mass is 9.87. The molecule has 0 aliphatic carbocycles. The maximum Gasteiger partial charge on any atom is 0.241 e. The Morgan fingerprint density at radius 3 is 2.41 bits per heavy atom. The van der Waals surface area contributed by atoms with Gasteiger partial charge in [-0.25, -0.2) is 0 Å². The van der Waals surface area contributed by atoms with Crippen molar-refractivity contribution in [3.8, 4) is 0 Å². The average molecular weight is 234 g/mol. The van der Waals surface area contributed by atoms with E-state index in [0.717, 1.165) is 16.8 Å². The summed E-state index contributed by atoms with van der Waals surface area (Å²) in [6.45, 7) is 9.89. The van der Waals surface area contributed by atoms with Gasteiger partial charge in [0.15, 0.2) is 0 Å². The number of benzene rings is 1. The van der Waals surface area contributed by atoms with E-state index in [1.54, 1.807) is 0 Å². The van der Waals surface area contributed by atoms with Crippen LogP contribution in [0.2, 0.25) is 0 Å². The van der Waals surface area contributed by atoms with Gasteiger partial charge in [-0.1, -0.05) is 32.9 Å². The molecule has 1 aromatic carbocycles. The van der Waals surface area contributed by atoms with E-state index in [0.29, 0.717) is 0 Å². The van der Waals surface area contributed by atoms with Crippen molar-refractivity contribution >= 4 is 11.6 Å². The second kappa shape index (κ2) is 4.88. The van der Waals surface area contributed by atoms with Crippen LogP contribution in [-0.2, 0) is 4.79 Å². The normalized spacial score (nSPS) is 13.3. The second-order valence-corrected chi connectivity index (χ2v) is 5.58. The quantitative estimate of drug-likeness (QED) is 0.826. The minimum absolute atomic E-state index is 0.133. The smallest absolute Gasteiger partial charge is 0.241 e. The lowest BCUT2D eigenvalue weighted by molar-refractivity contribution is -0.119. The van der Waals surface area contributed by atoms with Crippen LogP contribution >= 0.6 is 0 Å². The molecule has 3 nitrogen and oxygen atoms in total. The fraction of sp³-hybridized carbons (Fsp3) is 0.500. The zero-order valence-corrected chi connectivity index (χ0v) is 11.3. The standard InChI is InChI=1S/C14H22N2O/c1-9-7-6-8-11(10(9)2)16-13(17)12(15)14(3,4)5/h6-8,12H,15H2,1-5H3,(H,16,17). The summed E-state index contributed by atoms with van der Waals surface area (Å²) in [6.07, 6.45) is 0. The summed E-state index contributed by atoms with van der Waals surface area (Å²) in [5.41, 5.74) is 8.77. The summed E-state index contributed by atoms with van der Waals surface area (Å²) in [5, 5.41) is 2.89. The van der Waals surface area contributed by atoms with Crippen molar-refractivity contribution in [2.45, 2.75) is 40.7 Å². The highest BCUT2D eigenvalue weighted by Crippen LogP contribution is 2.21. The van der Waals surface area contributed by atoms with Crippen LogP contribution in [0.5, 0.6) is 0 Å². The maximum absolute atomic E-state index is 12.0. The lowest BCUT2D eigenvalue weighted by Crippen LogP contribution is -2.45. The predicted molar refractivity (Wildman–Crippen MR) is 72.0 cm³/mol. The van der Waals surface area contributed by atoms with Gasteiger partial charge in [0.1, 0.15) is 0 Å². The summed E-state index contributed by atoms with van der Waals surface area (Å²) in [5.74, 6) is -0.133. The Hall–Kier alpha value is -1.35. The minimum atomic E-state index is -0.512. The Labute approximate surface area is 103 Å². The van der Waals surface area contributed by atoms with Crippen molar-refractivity contribution < 1.29 is 4.79 Å². The van der Waals surface area contributed by atoms with Gasteiger partial charge in [-0.05, 0) is 36.5 Å². The number of nitrogens with one attached hydrogen (secondary N) is 1. The first-order valence-corrected chi connectivity index (χ1v) is 5.86. The molecule has 0 aliphatic heterocycles. The molecule has 0 heterocycles. The Kier molecular flexibility index (Phi) is 3.94. The van der Waals surface area contributed by atoms with Crippen LogP contribution in [0.4, 0.5) is 5.69 Å². The fourth-order valence-corrected chi connectivity index (χ4v) is 1.49. The number of amides is 1. The molecule has 0 fully saturated rings. The molecular formula is C14H22N2O. The number of rotatable bonds is 2. The lowest BCUT2D eigenvalue weighted by Gasteiger charge is -2.26. The van der Waals surface area contributed by atoms with Gasteiger partial charge in [-0.15, -0.1) is 0 Å². The highest BCUT2D eigenvalue weighted by atomic mass is 16.2. The molecule has 3 heteroatoms. The third-order valence-electron chi connectivity index (χ3n) is 3.08. The van der Waals surface area contributed by atoms with Crippen molar-refractivity contribution in [1.29, 1.82) is 0 Å². The third-order valence-corrected chi connectivity index (χ3v) is 3.08. The number of nitrogens with two attached hydrogens (primary N) is 1. The first kappa shape index (κ1) is 13.7. The topological polar surface area (TPSA) is 55.1 Å². The van der Waals surface area contributed by atoms with Crippen molar-refractivity contribution in [3.63, 3.8) is 0 Å². The van der Waals surface area contributed by atoms with Gasteiger partial charge in [0.05, 0.1) is 6.04 Å². The van der Waals surface area contributed by atoms with Gasteiger partial charge in [0.25, 0.3) is 0 Å². The molecule has 17 heavy (non-hydrogen) atoms. The van der Waals surface area contributed by atoms with Gasteiger partial charge < -0.3 is 11.1 Å². The number of hydrogen-bond acceptors (Lipinski definition) is 2. The first-order chi connectivity index (χ1) is 7.73. The van der Waals surface area contributed by atoms with E-state index in [9.17, 15) is 4.79 Å². The van der Waals surface area contributed by atoms with E-state index in [4.69, 9.17) is 5.73 Å². The van der Waals surface area contributed by atoms with Crippen LogP contribution in [0.1, 0.15) is 31.9 Å². The van der Waals surface area contributed by atoms with Crippen molar-refractivity contribution in [3.05, 3.63) is 29.3 Å². The van der Waals surface area contributed by atoms with Gasteiger partial charge in [0, 0.05) is 5.69 Å². The SMILES string of the molecule is Cc1cccc(NC(=O)C(N)C(C)(C)C)c1C. The molecule has 1 amide bonds. The molecule has 0 aromatic heterocycles. The minimum Gasteiger partial charge on any atom is -0.324 e. The Bertz CT molecular complexity index is 419. The summed E-state index contributed by atoms with van der Waals surface area (Å²) in [6, 6.07) is 5.34. The summed E-state index contributed by atoms with van der Waals surface area (Å²) >= 11 is 0. The van der Waals surface area contributed by atoms with Crippen LogP contribution in [0.3, 0.4) is 0 Å². The van der Waals surface area contributed by atoms with Crippen molar-refractivity contribution in [1.82, 2.24) is 0 Å². The summed E-state index contributed by atoms with van der Waals surface area (Å²) in [4.78, 5) is 12.0. The molecule has 3 N–H and O–H groups in total. The third kappa shape index (κ3) is 3.30. The molecule has 1 unspecified atom stereocenters. The van der Waals surface area contributed by atoms with Crippen LogP contribution < -0.4 is 11.1 Å². The van der Waals surface area contributed by atoms with Crippen LogP contribution in [0.15, 0.2) is 18.2 Å². The number of carbonyl (C=O) groups excluding carboxylic acids is 1. The fourth-order valence-electron chi connectivity index (χ4n) is 1.49. The summed E-state index contributed by atoms with van der Waals surface area (Å²) < 4.78 is 0. The largest absolute Gasteiger partial charge is 0.324 e. The molecule has 0 spiro atoms. The number of carbonyl (C=O) groups is 1. The maximum atomic E-state index is 12.0. The first-order valence-electron chi connectivity index (χ1n) is 5.86. The average Bonchev–Trinajstić information content (AvgIpc) is 2.22. The van der Waals surface area contributed by atoms with Gasteiger partial charge >= 0.3 is 0 Å². The highest BCUT2D eigenvalue weighted by Gasteiger charge is 2.27. The monoisotopic (exact) mass is 234 g/mol. The Balaban J connectivity index is 2.86. The van der Waals surface area contributed by atoms with Crippen LogP contribution in [-0.4, -0.2) is 11.9 Å². The predicted octanol–water partition coefficient (Wildman–Crippen LogP) is 2.62. The molecule has 0 aliphatic rings. The zero-order valence-electron chi connectivity index (χ0n) is 11.3. The van der Waals surface area contributed by atoms with E-state index in [1.807, 2.05) is 52.8 Å². The van der Waals surface area contributed by atoms with Gasteiger partial charge in [-0.3, -0.25) is 4.79 Å². The molecule has 0 saturated heterocycles. The van der Waals surface area contributed by atoms with Gasteiger partial charge in [-0.2, -0.15) is 0 Å². The van der Waals surface area contributed by atoms with Crippen LogP contribution in [0.25, 0.3) is 0 Å². The number of anilines is 1. The number of hydrogen-bond donors (Lipinski definition) is 2. The highest BCUT2D eigenvalue weighted by molar-refractivity contribution is 5.95. The molecular weight excluding hydrogens is 212 g/mol. The molecule has 1 aromatic rings. The van der Waals surface area contributed by atoms with E-state index >= 15 is 0 Å². The molecule has 0 saturated carbocycles. The Morgan fingerprint density at radius 2 is 1.88 bits per heavy atom. The molecule has 1 rings (SSSR count). The molecule has 0 bridgehead atoms. The van der Waals surface area contributed by atoms with E-state index in [2.05, 4.69) is 5.32 Å². The van der Waals surface area contributed by atoms with Crippen LogP contribution in [0, 0.1) is 19.3 Å².